The van der Waals surface area contributed by atoms with Crippen LogP contribution < -0.4 is 15.4 Å². The van der Waals surface area contributed by atoms with Crippen molar-refractivity contribution in [3.63, 3.8) is 0 Å². The van der Waals surface area contributed by atoms with Crippen molar-refractivity contribution in [2.75, 3.05) is 13.2 Å². The van der Waals surface area contributed by atoms with Gasteiger partial charge in [0.1, 0.15) is 17.4 Å². The average Bonchev–Trinajstić information content (AvgIpc) is 3.43. The molecular formula is C20H27N5O2. The minimum Gasteiger partial charge on any atom is -0.483 e. The monoisotopic (exact) mass is 369 g/mol. The van der Waals surface area contributed by atoms with E-state index in [9.17, 15) is 4.79 Å². The van der Waals surface area contributed by atoms with Crippen molar-refractivity contribution in [1.82, 2.24) is 25.4 Å². The Hall–Kier alpha value is -2.41. The number of hydrogen-bond acceptors (Lipinski definition) is 5. The second-order valence-electron chi connectivity index (χ2n) is 7.52. The van der Waals surface area contributed by atoms with Crippen LogP contribution in [0.3, 0.4) is 0 Å². The summed E-state index contributed by atoms with van der Waals surface area (Å²) in [6, 6.07) is 8.25. The van der Waals surface area contributed by atoms with Gasteiger partial charge in [-0.1, -0.05) is 18.2 Å². The van der Waals surface area contributed by atoms with Crippen molar-refractivity contribution in [2.45, 2.75) is 51.7 Å². The van der Waals surface area contributed by atoms with Gasteiger partial charge >= 0.3 is 0 Å². The number of hydrogen-bond donors (Lipinski definition) is 2. The molecule has 0 bridgehead atoms. The molecule has 1 unspecified atom stereocenters. The fourth-order valence-corrected chi connectivity index (χ4v) is 3.42. The molecule has 0 spiro atoms. The molecule has 0 radical (unpaired) electrons. The number of aromatic nitrogens is 3. The van der Waals surface area contributed by atoms with Crippen molar-refractivity contribution >= 4 is 5.91 Å². The van der Waals surface area contributed by atoms with Crippen LogP contribution in [0.5, 0.6) is 5.75 Å². The van der Waals surface area contributed by atoms with Gasteiger partial charge in [-0.2, -0.15) is 5.10 Å². The van der Waals surface area contributed by atoms with Crippen molar-refractivity contribution in [1.29, 1.82) is 0 Å². The summed E-state index contributed by atoms with van der Waals surface area (Å²) in [4.78, 5) is 16.4. The minimum absolute atomic E-state index is 0.0500. The lowest BCUT2D eigenvalue weighted by Gasteiger charge is -2.24. The molecule has 1 amide bonds. The zero-order chi connectivity index (χ0) is 18.6. The first-order valence-corrected chi connectivity index (χ1v) is 9.78. The van der Waals surface area contributed by atoms with Gasteiger partial charge in [-0.25, -0.2) is 9.67 Å². The van der Waals surface area contributed by atoms with Crippen LogP contribution in [-0.2, 0) is 24.3 Å². The first-order chi connectivity index (χ1) is 13.2. The zero-order valence-electron chi connectivity index (χ0n) is 15.8. The predicted molar refractivity (Wildman–Crippen MR) is 101 cm³/mol. The number of nitrogens with zero attached hydrogens (tertiary/aromatic N) is 3. The Morgan fingerprint density at radius 2 is 2.15 bits per heavy atom. The Morgan fingerprint density at radius 1 is 1.30 bits per heavy atom. The van der Waals surface area contributed by atoms with Crippen molar-refractivity contribution < 1.29 is 9.53 Å². The van der Waals surface area contributed by atoms with E-state index in [1.165, 1.54) is 12.8 Å². The Balaban J connectivity index is 1.28. The molecule has 2 heterocycles. The van der Waals surface area contributed by atoms with Crippen LogP contribution in [0.1, 0.15) is 36.5 Å². The third-order valence-corrected chi connectivity index (χ3v) is 5.16. The summed E-state index contributed by atoms with van der Waals surface area (Å²) in [7, 11) is 0. The molecule has 1 fully saturated rings. The molecule has 1 aromatic heterocycles. The van der Waals surface area contributed by atoms with Crippen LogP contribution in [0.15, 0.2) is 24.3 Å². The summed E-state index contributed by atoms with van der Waals surface area (Å²) in [6.07, 6.45) is 4.45. The molecule has 2 aromatic rings. The fraction of sp³-hybridized carbons (Fsp3) is 0.550. The van der Waals surface area contributed by atoms with Gasteiger partial charge < -0.3 is 15.4 Å². The standard InChI is InChI=1S/C20H27N5O2/c1-14-23-19-9-8-17(12-25(19)24-14)21-11-16-4-2-3-5-18(16)27-13-20(26)22-10-15-6-7-15/h2-5,15,17,21H,6-13H2,1H3,(H,22,26). The Kier molecular flexibility index (Phi) is 5.38. The normalized spacial score (nSPS) is 18.8. The lowest BCUT2D eigenvalue weighted by molar-refractivity contribution is -0.123. The van der Waals surface area contributed by atoms with Crippen molar-refractivity contribution in [3.8, 4) is 5.75 Å². The van der Waals surface area contributed by atoms with Gasteiger partial charge in [0.25, 0.3) is 5.91 Å². The van der Waals surface area contributed by atoms with Crippen molar-refractivity contribution in [2.24, 2.45) is 5.92 Å². The average molecular weight is 369 g/mol. The highest BCUT2D eigenvalue weighted by atomic mass is 16.5. The van der Waals surface area contributed by atoms with Crippen LogP contribution in [0.25, 0.3) is 0 Å². The van der Waals surface area contributed by atoms with E-state index in [-0.39, 0.29) is 12.5 Å². The Morgan fingerprint density at radius 3 is 3.00 bits per heavy atom. The number of para-hydroxylation sites is 1. The van der Waals surface area contributed by atoms with E-state index in [2.05, 4.69) is 20.7 Å². The Bertz CT molecular complexity index is 799. The summed E-state index contributed by atoms with van der Waals surface area (Å²) in [5.74, 6) is 3.30. The Labute approximate surface area is 159 Å². The maximum Gasteiger partial charge on any atom is 0.257 e. The van der Waals surface area contributed by atoms with Gasteiger partial charge in [-0.3, -0.25) is 4.79 Å². The molecule has 2 aliphatic rings. The number of carbonyl (C=O) groups excluding carboxylic acids is 1. The van der Waals surface area contributed by atoms with E-state index in [4.69, 9.17) is 4.74 Å². The maximum atomic E-state index is 11.9. The molecule has 1 aliphatic heterocycles. The van der Waals surface area contributed by atoms with E-state index in [0.29, 0.717) is 18.5 Å². The van der Waals surface area contributed by atoms with Gasteiger partial charge in [-0.15, -0.1) is 0 Å². The van der Waals surface area contributed by atoms with Gasteiger partial charge in [0.2, 0.25) is 0 Å². The molecule has 1 aromatic carbocycles. The smallest absolute Gasteiger partial charge is 0.257 e. The summed E-state index contributed by atoms with van der Waals surface area (Å²) < 4.78 is 7.77. The second-order valence-corrected chi connectivity index (χ2v) is 7.52. The largest absolute Gasteiger partial charge is 0.483 e. The second kappa shape index (κ2) is 8.08. The summed E-state index contributed by atoms with van der Waals surface area (Å²) >= 11 is 0. The quantitative estimate of drug-likeness (QED) is 0.739. The van der Waals surface area contributed by atoms with E-state index >= 15 is 0 Å². The molecule has 7 heteroatoms. The molecule has 4 rings (SSSR count). The fourth-order valence-electron chi connectivity index (χ4n) is 3.42. The summed E-state index contributed by atoms with van der Waals surface area (Å²) in [5.41, 5.74) is 1.06. The highest BCUT2D eigenvalue weighted by molar-refractivity contribution is 5.77. The molecule has 27 heavy (non-hydrogen) atoms. The topological polar surface area (TPSA) is 81.1 Å². The number of carbonyl (C=O) groups is 1. The predicted octanol–water partition coefficient (Wildman–Crippen LogP) is 1.60. The molecular weight excluding hydrogens is 342 g/mol. The van der Waals surface area contributed by atoms with Gasteiger partial charge in [0.15, 0.2) is 6.61 Å². The maximum absolute atomic E-state index is 11.9. The number of amides is 1. The number of nitrogens with one attached hydrogen (secondary N) is 2. The molecule has 1 atom stereocenters. The number of ether oxygens (including phenoxy) is 1. The van der Waals surface area contributed by atoms with E-state index < -0.39 is 0 Å². The highest BCUT2D eigenvalue weighted by Gasteiger charge is 2.22. The number of rotatable bonds is 8. The van der Waals surface area contributed by atoms with Crippen LogP contribution in [-0.4, -0.2) is 39.9 Å². The summed E-state index contributed by atoms with van der Waals surface area (Å²) in [6.45, 7) is 4.31. The minimum atomic E-state index is -0.0500. The van der Waals surface area contributed by atoms with Crippen molar-refractivity contribution in [3.05, 3.63) is 41.5 Å². The first kappa shape index (κ1) is 18.0. The first-order valence-electron chi connectivity index (χ1n) is 9.78. The van der Waals surface area contributed by atoms with E-state index in [1.54, 1.807) is 0 Å². The number of benzene rings is 1. The molecule has 1 saturated carbocycles. The molecule has 7 nitrogen and oxygen atoms in total. The van der Waals surface area contributed by atoms with Gasteiger partial charge in [-0.05, 0) is 38.2 Å². The molecule has 1 aliphatic carbocycles. The van der Waals surface area contributed by atoms with Crippen LogP contribution >= 0.6 is 0 Å². The molecule has 0 saturated heterocycles. The lowest BCUT2D eigenvalue weighted by Crippen LogP contribution is -2.37. The van der Waals surface area contributed by atoms with Crippen LogP contribution in [0, 0.1) is 12.8 Å². The van der Waals surface area contributed by atoms with Gasteiger partial charge in [0, 0.05) is 31.1 Å². The van der Waals surface area contributed by atoms with E-state index in [0.717, 1.165) is 48.9 Å². The lowest BCUT2D eigenvalue weighted by atomic mass is 10.1. The highest BCUT2D eigenvalue weighted by Crippen LogP contribution is 2.27. The SMILES string of the molecule is Cc1nc2n(n1)CC(NCc1ccccc1OCC(=O)NCC1CC1)CC2. The van der Waals surface area contributed by atoms with Gasteiger partial charge in [0.05, 0.1) is 6.54 Å². The molecule has 144 valence electrons. The summed E-state index contributed by atoms with van der Waals surface area (Å²) in [5, 5.41) is 11.0. The zero-order valence-corrected chi connectivity index (χ0v) is 15.8. The third kappa shape index (κ3) is 4.86. The number of fused-ring (bicyclic) bond motifs is 1. The molecule has 2 N–H and O–H groups in total. The van der Waals surface area contributed by atoms with E-state index in [1.807, 2.05) is 35.9 Å². The number of aryl methyl sites for hydroxylation is 2. The van der Waals surface area contributed by atoms with Crippen LogP contribution in [0.4, 0.5) is 0 Å². The van der Waals surface area contributed by atoms with Crippen LogP contribution in [0.2, 0.25) is 0 Å². The third-order valence-electron chi connectivity index (χ3n) is 5.16.